The van der Waals surface area contributed by atoms with Crippen molar-refractivity contribution in [3.8, 4) is 11.6 Å². The summed E-state index contributed by atoms with van der Waals surface area (Å²) >= 11 is 0. The highest BCUT2D eigenvalue weighted by Gasteiger charge is 2.38. The second-order valence-corrected chi connectivity index (χ2v) is 21.9. The summed E-state index contributed by atoms with van der Waals surface area (Å²) in [4.78, 5) is 67.7. The van der Waals surface area contributed by atoms with Crippen molar-refractivity contribution in [2.75, 3.05) is 24.7 Å². The predicted octanol–water partition coefficient (Wildman–Crippen LogP) is 9.36. The Labute approximate surface area is 458 Å². The lowest BCUT2D eigenvalue weighted by atomic mass is 9.77. The van der Waals surface area contributed by atoms with E-state index in [9.17, 15) is 29.7 Å². The summed E-state index contributed by atoms with van der Waals surface area (Å²) in [5, 5.41) is 37.9. The first kappa shape index (κ1) is 54.2. The summed E-state index contributed by atoms with van der Waals surface area (Å²) in [6.45, 7) is 11.5. The van der Waals surface area contributed by atoms with E-state index >= 15 is 0 Å². The van der Waals surface area contributed by atoms with Crippen LogP contribution in [-0.2, 0) is 29.1 Å². The van der Waals surface area contributed by atoms with Crippen LogP contribution in [0.25, 0.3) is 33.7 Å². The van der Waals surface area contributed by atoms with E-state index in [1.54, 1.807) is 65.8 Å². The first-order valence-electron chi connectivity index (χ1n) is 27.2. The molecule has 2 aromatic carbocycles. The van der Waals surface area contributed by atoms with Gasteiger partial charge in [-0.25, -0.2) is 38.7 Å². The predicted molar refractivity (Wildman–Crippen MR) is 306 cm³/mol. The zero-order valence-corrected chi connectivity index (χ0v) is 45.3. The van der Waals surface area contributed by atoms with Gasteiger partial charge in [0.25, 0.3) is 11.1 Å². The zero-order chi connectivity index (χ0) is 55.6. The lowest BCUT2D eigenvalue weighted by Gasteiger charge is -2.36. The number of allylic oxidation sites excluding steroid dienone is 2. The number of rotatable bonds is 16. The van der Waals surface area contributed by atoms with Gasteiger partial charge in [0.1, 0.15) is 22.0 Å². The highest BCUT2D eigenvalue weighted by molar-refractivity contribution is 5.78. The quantitative estimate of drug-likeness (QED) is 0.0567. The number of anilines is 4. The number of carbonyl (C=O) groups is 1. The van der Waals surface area contributed by atoms with Gasteiger partial charge in [-0.1, -0.05) is 48.6 Å². The van der Waals surface area contributed by atoms with E-state index in [0.29, 0.717) is 101 Å². The molecule has 3 aliphatic rings. The molecule has 3 saturated carbocycles. The number of benzene rings is 2. The fraction of sp³-hybridized carbons (Fsp3) is 0.383. The van der Waals surface area contributed by atoms with Crippen LogP contribution < -0.4 is 21.8 Å². The summed E-state index contributed by atoms with van der Waals surface area (Å²) in [7, 11) is 4.34. The number of fused-ring (bicyclic) bond motifs is 2. The van der Waals surface area contributed by atoms with E-state index < -0.39 is 17.2 Å². The molecule has 11 rings (SSSR count). The average Bonchev–Trinajstić information content (AvgIpc) is 4.08. The third-order valence-corrected chi connectivity index (χ3v) is 15.9. The van der Waals surface area contributed by atoms with E-state index in [0.717, 1.165) is 30.6 Å². The number of carboxylic acid groups (broad SMARTS) is 1. The number of nitrogens with zero attached hydrogens (tertiary/aromatic N) is 11. The van der Waals surface area contributed by atoms with Gasteiger partial charge in [0.15, 0.2) is 22.9 Å². The summed E-state index contributed by atoms with van der Waals surface area (Å²) in [5.41, 5.74) is 3.57. The van der Waals surface area contributed by atoms with Gasteiger partial charge in [-0.2, -0.15) is 9.97 Å². The van der Waals surface area contributed by atoms with Gasteiger partial charge >= 0.3 is 5.97 Å². The van der Waals surface area contributed by atoms with E-state index in [-0.39, 0.29) is 30.1 Å². The maximum absolute atomic E-state index is 13.3. The lowest BCUT2D eigenvalue weighted by Crippen LogP contribution is -2.35. The molecule has 0 amide bonds. The van der Waals surface area contributed by atoms with Crippen LogP contribution in [0.1, 0.15) is 119 Å². The molecule has 0 saturated heterocycles. The van der Waals surface area contributed by atoms with Gasteiger partial charge in [0.2, 0.25) is 11.9 Å². The molecule has 6 heterocycles. The average molecular weight is 1070 g/mol. The molecule has 19 nitrogen and oxygen atoms in total. The normalized spacial score (nSPS) is 19.1. The first-order chi connectivity index (χ1) is 38.0. The minimum atomic E-state index is -1.14. The van der Waals surface area contributed by atoms with Crippen LogP contribution in [0.4, 0.5) is 23.3 Å². The molecule has 0 bridgehead atoms. The second-order valence-electron chi connectivity index (χ2n) is 21.9. The maximum Gasteiger partial charge on any atom is 0.306 e. The Kier molecular flexibility index (Phi) is 15.6. The Morgan fingerprint density at radius 2 is 1.15 bits per heavy atom. The van der Waals surface area contributed by atoms with E-state index in [4.69, 9.17) is 15.0 Å². The van der Waals surface area contributed by atoms with Crippen molar-refractivity contribution in [1.82, 2.24) is 53.5 Å². The minimum absolute atomic E-state index is 0.233. The molecule has 3 aliphatic carbocycles. The summed E-state index contributed by atoms with van der Waals surface area (Å²) in [5.74, 6) is 1.69. The van der Waals surface area contributed by atoms with Crippen LogP contribution in [0.3, 0.4) is 0 Å². The molecule has 0 atom stereocenters. The molecule has 3 fully saturated rings. The molecule has 0 unspecified atom stereocenters. The SMILES string of the molecule is C=CCn1c(=O)c2cnc(Nc3ccc(C4CCC(C(=O)O)CC4)cc3)nc2n1-c1cccc(C2(O)CCC2)n1.C=CCn1c(=O)c2cnc(Nc3ccc(C4CCC(N(C)C)CC4)cc3)nc2n1-c1cccc(C(C)(C)O)n1. The fourth-order valence-electron chi connectivity index (χ4n) is 11.2. The summed E-state index contributed by atoms with van der Waals surface area (Å²) in [6.07, 6.45) is 16.6. The Morgan fingerprint density at radius 3 is 1.58 bits per heavy atom. The Hall–Kier alpha value is -8.13. The Balaban J connectivity index is 0.000000178. The van der Waals surface area contributed by atoms with Gasteiger partial charge in [-0.05, 0) is 170 Å². The molecular formula is C60H69N13O6. The Bertz CT molecular complexity index is 3630. The van der Waals surface area contributed by atoms with Crippen LogP contribution >= 0.6 is 0 Å². The van der Waals surface area contributed by atoms with Crippen molar-refractivity contribution in [2.24, 2.45) is 5.92 Å². The third-order valence-electron chi connectivity index (χ3n) is 15.9. The van der Waals surface area contributed by atoms with Crippen molar-refractivity contribution < 1.29 is 20.1 Å². The van der Waals surface area contributed by atoms with E-state index in [2.05, 4.69) is 94.1 Å². The van der Waals surface area contributed by atoms with Gasteiger partial charge in [-0.15, -0.1) is 13.2 Å². The number of carboxylic acids is 1. The van der Waals surface area contributed by atoms with Crippen molar-refractivity contribution in [1.29, 1.82) is 0 Å². The number of nitrogens with one attached hydrogen (secondary N) is 2. The highest BCUT2D eigenvalue weighted by atomic mass is 16.4. The van der Waals surface area contributed by atoms with Crippen LogP contribution in [0.2, 0.25) is 0 Å². The summed E-state index contributed by atoms with van der Waals surface area (Å²) < 4.78 is 6.36. The van der Waals surface area contributed by atoms with Crippen molar-refractivity contribution in [3.05, 3.63) is 166 Å². The molecule has 6 aromatic heterocycles. The number of aromatic nitrogens is 10. The molecule has 0 spiro atoms. The monoisotopic (exact) mass is 1070 g/mol. The van der Waals surface area contributed by atoms with Crippen LogP contribution in [-0.4, -0.2) is 95.0 Å². The third kappa shape index (κ3) is 11.4. The summed E-state index contributed by atoms with van der Waals surface area (Å²) in [6, 6.07) is 28.0. The van der Waals surface area contributed by atoms with E-state index in [1.165, 1.54) is 52.4 Å². The van der Waals surface area contributed by atoms with Crippen LogP contribution in [0.15, 0.2) is 132 Å². The fourth-order valence-corrected chi connectivity index (χ4v) is 11.2. The van der Waals surface area contributed by atoms with Crippen LogP contribution in [0.5, 0.6) is 0 Å². The number of aliphatic hydroxyl groups is 2. The van der Waals surface area contributed by atoms with Gasteiger partial charge in [0, 0.05) is 29.8 Å². The molecule has 19 heteroatoms. The standard InChI is InChI=1S/C30H37N7O2.C30H32N6O4/c1-6-18-36-28(38)24-19-31-29(34-27(24)37(36)26-9-7-8-25(33-26)30(2,3)39)32-22-14-10-20(11-15-22)21-12-16-23(17-13-21)35(4)5;1-2-17-35-27(37)23-18-31-29(32-22-13-11-20(12-14-22)19-7-9-21(10-8-19)28(38)39)34-26(23)36(35)25-6-3-5-24(33-25)30(40)15-4-16-30/h6-11,14-15,19,21,23,39H,1,12-13,16-18H2,2-5H3,(H,31,32,34);2-3,5-6,11-14,18-19,21,40H,1,4,7-10,15-17H2,(H,38,39)(H,31,32,34). The smallest absolute Gasteiger partial charge is 0.306 e. The second kappa shape index (κ2) is 22.7. The topological polar surface area (TPSA) is 236 Å². The molecule has 0 radical (unpaired) electrons. The molecule has 410 valence electrons. The van der Waals surface area contributed by atoms with Crippen molar-refractivity contribution in [3.63, 3.8) is 0 Å². The van der Waals surface area contributed by atoms with Gasteiger partial charge in [0.05, 0.1) is 30.4 Å². The number of hydrogen-bond acceptors (Lipinski definition) is 14. The van der Waals surface area contributed by atoms with E-state index in [1.807, 2.05) is 24.3 Å². The highest BCUT2D eigenvalue weighted by Crippen LogP contribution is 2.41. The lowest BCUT2D eigenvalue weighted by molar-refractivity contribution is -0.142. The number of hydrogen-bond donors (Lipinski definition) is 5. The molecule has 8 aromatic rings. The largest absolute Gasteiger partial charge is 0.481 e. The van der Waals surface area contributed by atoms with Crippen molar-refractivity contribution >= 4 is 51.3 Å². The van der Waals surface area contributed by atoms with Gasteiger partial charge in [-0.3, -0.25) is 14.4 Å². The minimum Gasteiger partial charge on any atom is -0.481 e. The molecule has 79 heavy (non-hydrogen) atoms. The molecule has 5 N–H and O–H groups in total. The first-order valence-corrected chi connectivity index (χ1v) is 27.2. The van der Waals surface area contributed by atoms with Gasteiger partial charge < -0.3 is 30.9 Å². The number of pyridine rings is 2. The maximum atomic E-state index is 13.3. The van der Waals surface area contributed by atoms with Crippen LogP contribution in [0, 0.1) is 5.92 Å². The molecule has 0 aliphatic heterocycles. The number of aliphatic carboxylic acids is 1. The Morgan fingerprint density at radius 1 is 0.684 bits per heavy atom. The van der Waals surface area contributed by atoms with Crippen molar-refractivity contribution in [2.45, 2.75) is 127 Å². The molecular weight excluding hydrogens is 999 g/mol. The zero-order valence-electron chi connectivity index (χ0n) is 45.3.